The second-order valence-corrected chi connectivity index (χ2v) is 10.3. The maximum atomic E-state index is 12.9. The highest BCUT2D eigenvalue weighted by Crippen LogP contribution is 2.28. The van der Waals surface area contributed by atoms with Crippen LogP contribution in [0.2, 0.25) is 0 Å². The predicted molar refractivity (Wildman–Crippen MR) is 133 cm³/mol. The molecule has 0 saturated heterocycles. The number of nitrogens with zero attached hydrogens (tertiary/aromatic N) is 3. The molecule has 0 saturated carbocycles. The van der Waals surface area contributed by atoms with Crippen LogP contribution in [0.1, 0.15) is 35.0 Å². The van der Waals surface area contributed by atoms with Gasteiger partial charge in [-0.25, -0.2) is 18.4 Å². The molecule has 0 fully saturated rings. The number of fused-ring (bicyclic) bond motifs is 1. The molecule has 3 heterocycles. The smallest absolute Gasteiger partial charge is 0.266 e. The van der Waals surface area contributed by atoms with Crippen molar-refractivity contribution in [3.63, 3.8) is 0 Å². The lowest BCUT2D eigenvalue weighted by Crippen LogP contribution is -2.20. The number of pyridine rings is 1. The van der Waals surface area contributed by atoms with Crippen molar-refractivity contribution in [1.29, 1.82) is 0 Å². The van der Waals surface area contributed by atoms with E-state index in [1.165, 1.54) is 36.8 Å². The molecule has 0 aliphatic heterocycles. The van der Waals surface area contributed by atoms with Crippen molar-refractivity contribution in [3.05, 3.63) is 75.8 Å². The summed E-state index contributed by atoms with van der Waals surface area (Å²) in [6.07, 6.45) is 4.84. The summed E-state index contributed by atoms with van der Waals surface area (Å²) in [5, 5.41) is 3.22. The van der Waals surface area contributed by atoms with Crippen molar-refractivity contribution in [2.24, 2.45) is 0 Å². The van der Waals surface area contributed by atoms with Gasteiger partial charge in [-0.3, -0.25) is 18.9 Å². The van der Waals surface area contributed by atoms with Crippen LogP contribution in [0.5, 0.6) is 0 Å². The van der Waals surface area contributed by atoms with Crippen molar-refractivity contribution in [1.82, 2.24) is 14.5 Å². The Labute approximate surface area is 200 Å². The number of thiophene rings is 1. The average molecular weight is 498 g/mol. The zero-order valence-electron chi connectivity index (χ0n) is 18.6. The van der Waals surface area contributed by atoms with Crippen molar-refractivity contribution < 1.29 is 13.2 Å². The number of sulfonamides is 1. The minimum Gasteiger partial charge on any atom is -0.321 e. The first-order valence-electron chi connectivity index (χ1n) is 10.6. The van der Waals surface area contributed by atoms with E-state index < -0.39 is 10.0 Å². The number of hydrogen-bond donors (Lipinski definition) is 2. The summed E-state index contributed by atoms with van der Waals surface area (Å²) < 4.78 is 29.1. The van der Waals surface area contributed by atoms with Gasteiger partial charge in [0, 0.05) is 18.4 Å². The SMILES string of the molecule is CCCCn1cnc2sc(C(=O)Nc3ccc(S(=O)(=O)Nc4ccccn4)cc3)c(C)c2c1=O. The second kappa shape index (κ2) is 9.74. The number of anilines is 2. The Balaban J connectivity index is 1.53. The topological polar surface area (TPSA) is 123 Å². The third kappa shape index (κ3) is 4.85. The lowest BCUT2D eigenvalue weighted by molar-refractivity contribution is 0.103. The molecule has 0 atom stereocenters. The van der Waals surface area contributed by atoms with E-state index in [9.17, 15) is 18.0 Å². The summed E-state index contributed by atoms with van der Waals surface area (Å²) in [6.45, 7) is 4.37. The van der Waals surface area contributed by atoms with Gasteiger partial charge < -0.3 is 5.32 Å². The second-order valence-electron chi connectivity index (χ2n) is 7.63. The van der Waals surface area contributed by atoms with Crippen LogP contribution >= 0.6 is 11.3 Å². The van der Waals surface area contributed by atoms with Gasteiger partial charge in [0.25, 0.3) is 21.5 Å². The van der Waals surface area contributed by atoms with Crippen LogP contribution in [0.25, 0.3) is 10.2 Å². The Kier molecular flexibility index (Phi) is 6.75. The minimum absolute atomic E-state index is 0.0334. The zero-order valence-corrected chi connectivity index (χ0v) is 20.2. The summed E-state index contributed by atoms with van der Waals surface area (Å²) >= 11 is 1.16. The quantitative estimate of drug-likeness (QED) is 0.379. The Hall–Kier alpha value is -3.57. The van der Waals surface area contributed by atoms with E-state index in [2.05, 4.69) is 20.0 Å². The molecule has 1 aromatic carbocycles. The Morgan fingerprint density at radius 2 is 1.88 bits per heavy atom. The first-order valence-corrected chi connectivity index (χ1v) is 12.9. The van der Waals surface area contributed by atoms with Gasteiger partial charge in [-0.2, -0.15) is 0 Å². The molecule has 2 N–H and O–H groups in total. The van der Waals surface area contributed by atoms with E-state index in [-0.39, 0.29) is 22.2 Å². The van der Waals surface area contributed by atoms with Gasteiger partial charge in [0.15, 0.2) is 0 Å². The van der Waals surface area contributed by atoms with Crippen LogP contribution < -0.4 is 15.6 Å². The molecule has 0 spiro atoms. The third-order valence-electron chi connectivity index (χ3n) is 5.20. The number of unbranched alkanes of at least 4 members (excludes halogenated alkanes) is 1. The molecule has 4 rings (SSSR count). The molecule has 0 unspecified atom stereocenters. The molecule has 1 amide bonds. The molecule has 11 heteroatoms. The number of aryl methyl sites for hydroxylation is 2. The van der Waals surface area contributed by atoms with Crippen LogP contribution in [0.3, 0.4) is 0 Å². The van der Waals surface area contributed by atoms with E-state index in [4.69, 9.17) is 0 Å². The number of nitrogens with one attached hydrogen (secondary N) is 2. The van der Waals surface area contributed by atoms with Gasteiger partial charge in [-0.05, 0) is 55.3 Å². The zero-order chi connectivity index (χ0) is 24.3. The number of carbonyl (C=O) groups excluding carboxylic acids is 1. The number of carbonyl (C=O) groups is 1. The van der Waals surface area contributed by atoms with Gasteiger partial charge >= 0.3 is 0 Å². The number of rotatable bonds is 8. The van der Waals surface area contributed by atoms with E-state index >= 15 is 0 Å². The first-order chi connectivity index (χ1) is 16.3. The standard InChI is InChI=1S/C23H23N5O4S2/c1-3-4-13-28-14-25-22-19(23(28)30)15(2)20(33-22)21(29)26-16-8-10-17(11-9-16)34(31,32)27-18-7-5-6-12-24-18/h5-12,14H,3-4,13H2,1-2H3,(H,24,27)(H,26,29). The van der Waals surface area contributed by atoms with Crippen molar-refractivity contribution >= 4 is 49.0 Å². The normalized spacial score (nSPS) is 11.5. The number of amides is 1. The number of benzene rings is 1. The fourth-order valence-corrected chi connectivity index (χ4v) is 5.43. The van der Waals surface area contributed by atoms with E-state index in [0.717, 1.165) is 24.2 Å². The van der Waals surface area contributed by atoms with Crippen molar-refractivity contribution in [2.45, 2.75) is 38.1 Å². The molecule has 0 aliphatic carbocycles. The van der Waals surface area contributed by atoms with Gasteiger partial charge in [0.05, 0.1) is 21.5 Å². The lowest BCUT2D eigenvalue weighted by Gasteiger charge is -2.09. The van der Waals surface area contributed by atoms with Crippen LogP contribution in [0.15, 0.2) is 64.7 Å². The average Bonchev–Trinajstić information content (AvgIpc) is 3.16. The molecule has 4 aromatic rings. The molecular weight excluding hydrogens is 474 g/mol. The number of hydrogen-bond acceptors (Lipinski definition) is 7. The summed E-state index contributed by atoms with van der Waals surface area (Å²) in [5.41, 5.74) is 0.854. The fourth-order valence-electron chi connectivity index (χ4n) is 3.39. The first kappa shape index (κ1) is 23.6. The molecule has 3 aromatic heterocycles. The Morgan fingerprint density at radius 1 is 1.12 bits per heavy atom. The maximum absolute atomic E-state index is 12.9. The van der Waals surface area contributed by atoms with Crippen LogP contribution in [0, 0.1) is 6.92 Å². The lowest BCUT2D eigenvalue weighted by atomic mass is 10.2. The molecule has 34 heavy (non-hydrogen) atoms. The van der Waals surface area contributed by atoms with Crippen LogP contribution in [0.4, 0.5) is 11.5 Å². The van der Waals surface area contributed by atoms with Crippen molar-refractivity contribution in [3.8, 4) is 0 Å². The van der Waals surface area contributed by atoms with Gasteiger partial charge in [0.1, 0.15) is 10.6 Å². The highest BCUT2D eigenvalue weighted by Gasteiger charge is 2.20. The van der Waals surface area contributed by atoms with E-state index in [1.807, 2.05) is 6.92 Å². The summed E-state index contributed by atoms with van der Waals surface area (Å²) in [4.78, 5) is 35.0. The largest absolute Gasteiger partial charge is 0.321 e. The van der Waals surface area contributed by atoms with Crippen LogP contribution in [-0.2, 0) is 16.6 Å². The molecule has 0 radical (unpaired) electrons. The molecule has 0 aliphatic rings. The summed E-state index contributed by atoms with van der Waals surface area (Å²) in [6, 6.07) is 10.7. The molecule has 0 bridgehead atoms. The van der Waals surface area contributed by atoms with Gasteiger partial charge in [-0.15, -0.1) is 11.3 Å². The molecular formula is C23H23N5O4S2. The van der Waals surface area contributed by atoms with Crippen molar-refractivity contribution in [2.75, 3.05) is 10.0 Å². The highest BCUT2D eigenvalue weighted by atomic mass is 32.2. The molecule has 9 nitrogen and oxygen atoms in total. The van der Waals surface area contributed by atoms with Gasteiger partial charge in [-0.1, -0.05) is 19.4 Å². The third-order valence-corrected chi connectivity index (χ3v) is 7.77. The van der Waals surface area contributed by atoms with E-state index in [1.54, 1.807) is 29.7 Å². The summed E-state index contributed by atoms with van der Waals surface area (Å²) in [5.74, 6) is -0.176. The van der Waals surface area contributed by atoms with E-state index in [0.29, 0.717) is 32.9 Å². The Bertz CT molecular complexity index is 1490. The summed E-state index contributed by atoms with van der Waals surface area (Å²) in [7, 11) is -3.82. The predicted octanol–water partition coefficient (Wildman–Crippen LogP) is 4.01. The monoisotopic (exact) mass is 497 g/mol. The molecule has 176 valence electrons. The maximum Gasteiger partial charge on any atom is 0.266 e. The highest BCUT2D eigenvalue weighted by molar-refractivity contribution is 7.92. The minimum atomic E-state index is -3.82. The number of aromatic nitrogens is 3. The fraction of sp³-hybridized carbons (Fsp3) is 0.217. The van der Waals surface area contributed by atoms with Crippen LogP contribution in [-0.4, -0.2) is 28.9 Å². The Morgan fingerprint density at radius 3 is 2.56 bits per heavy atom. The van der Waals surface area contributed by atoms with Gasteiger partial charge in [0.2, 0.25) is 0 Å².